The predicted octanol–water partition coefficient (Wildman–Crippen LogP) is -1.79. The van der Waals surface area contributed by atoms with Crippen molar-refractivity contribution in [2.75, 3.05) is 7.05 Å². The largest absolute Gasteiger partial charge is 1.00 e. The molecule has 1 nitrogen and oxygen atoms in total. The van der Waals surface area contributed by atoms with E-state index >= 15 is 0 Å². The molecule has 0 aliphatic carbocycles. The van der Waals surface area contributed by atoms with E-state index in [0.29, 0.717) is 0 Å². The second-order valence-corrected chi connectivity index (χ2v) is 0.600. The molecule has 0 N–H and O–H groups in total. The first-order valence-electron chi connectivity index (χ1n) is 0.647. The normalized spacial score (nSPS) is 3.25. The fraction of sp³-hybridized carbons (Fsp3) is 1.00. The van der Waals surface area contributed by atoms with Crippen LogP contribution in [0.2, 0.25) is 0 Å². The van der Waals surface area contributed by atoms with Gasteiger partial charge in [0.15, 0.2) is 0 Å². The van der Waals surface area contributed by atoms with Gasteiger partial charge in [0.2, 0.25) is 0 Å². The van der Waals surface area contributed by atoms with Crippen molar-refractivity contribution < 1.29 is 51.4 Å². The van der Waals surface area contributed by atoms with Crippen molar-refractivity contribution in [3.8, 4) is 0 Å². The third kappa shape index (κ3) is 9.28. The van der Waals surface area contributed by atoms with Crippen molar-refractivity contribution in [2.45, 2.75) is 0 Å². The third-order valence-electron chi connectivity index (χ3n) is 0. The quantitative estimate of drug-likeness (QED) is 0.251. The molecule has 0 fully saturated rings. The van der Waals surface area contributed by atoms with Gasteiger partial charge in [-0.05, 0) is 7.05 Å². The minimum absolute atomic E-state index is 0. The molecule has 0 heterocycles. The summed E-state index contributed by atoms with van der Waals surface area (Å²) in [5, 5.41) is 0. The molecule has 4 heavy (non-hydrogen) atoms. The second kappa shape index (κ2) is 8.83. The van der Waals surface area contributed by atoms with Gasteiger partial charge >= 0.3 is 51.4 Å². The molecule has 0 spiro atoms. The molecule has 0 unspecified atom stereocenters. The van der Waals surface area contributed by atoms with E-state index in [4.69, 9.17) is 0 Å². The zero-order valence-corrected chi connectivity index (χ0v) is 6.91. The van der Waals surface area contributed by atoms with Crippen LogP contribution in [0.4, 0.5) is 0 Å². The van der Waals surface area contributed by atoms with Gasteiger partial charge in [-0.25, -0.2) is 0 Å². The number of rotatable bonds is 0. The molecule has 18 valence electrons. The Morgan fingerprint density at radius 2 is 1.75 bits per heavy atom. The van der Waals surface area contributed by atoms with Gasteiger partial charge in [0, 0.05) is 0 Å². The van der Waals surface area contributed by atoms with Gasteiger partial charge in [0.25, 0.3) is 0 Å². The summed E-state index contributed by atoms with van der Waals surface area (Å²) >= 11 is 0. The zero-order chi connectivity index (χ0) is 2.71. The van der Waals surface area contributed by atoms with E-state index in [-0.39, 0.29) is 51.4 Å². The molecule has 0 bridgehead atoms. The molecule has 3 heteroatoms. The Morgan fingerprint density at radius 1 is 1.75 bits per heavy atom. The van der Waals surface area contributed by atoms with Crippen LogP contribution in [0.1, 0.15) is 0 Å². The van der Waals surface area contributed by atoms with Gasteiger partial charge in [-0.15, -0.1) is 0 Å². The van der Waals surface area contributed by atoms with Crippen LogP contribution in [0.25, 0.3) is 0 Å². The van der Waals surface area contributed by atoms with E-state index < -0.39 is 0 Å². The van der Waals surface area contributed by atoms with E-state index in [0.717, 1.165) is 0 Å². The van der Waals surface area contributed by atoms with E-state index in [1.165, 1.54) is 0 Å². The molecule has 0 aliphatic rings. The fourth-order valence-corrected chi connectivity index (χ4v) is 0. The maximum absolute atomic E-state index is 3.41. The average Bonchev–Trinajstić information content (AvgIpc) is 0.918. The Bertz CT molecular complexity index is 15.5. The summed E-state index contributed by atoms with van der Waals surface area (Å²) < 4.78 is 3.19. The monoisotopic (exact) mass is 99.0 g/mol. The van der Waals surface area contributed by atoms with Gasteiger partial charge in [-0.1, -0.05) is 0 Å². The summed E-state index contributed by atoms with van der Waals surface area (Å²) in [5.41, 5.74) is 0. The van der Waals surface area contributed by atoms with Crippen LogP contribution in [0.5, 0.6) is 0 Å². The molecule has 0 aromatic heterocycles. The SMILES string of the molecule is CN=[P-].[K+]. The zero-order valence-electron chi connectivity index (χ0n) is 2.89. The number of nitrogens with zero attached hydrogens (tertiary/aromatic N) is 1. The summed E-state index contributed by atoms with van der Waals surface area (Å²) in [5.74, 6) is 0. The molecule has 0 radical (unpaired) electrons. The summed E-state index contributed by atoms with van der Waals surface area (Å²) in [6, 6.07) is 0. The van der Waals surface area contributed by atoms with Crippen LogP contribution in [-0.2, 0) is 0 Å². The first kappa shape index (κ1) is 9.22. The predicted molar refractivity (Wildman–Crippen MR) is 15.3 cm³/mol. The Balaban J connectivity index is 0. The summed E-state index contributed by atoms with van der Waals surface area (Å²) in [7, 11) is 5.03. The maximum Gasteiger partial charge on any atom is 1.00 e. The van der Waals surface area contributed by atoms with E-state index in [1.807, 2.05) is 0 Å². The molecular weight excluding hydrogens is 96.1 g/mol. The van der Waals surface area contributed by atoms with E-state index in [2.05, 4.69) is 13.8 Å². The van der Waals surface area contributed by atoms with Crippen molar-refractivity contribution in [1.29, 1.82) is 0 Å². The number of hydrogen-bond acceptors (Lipinski definition) is 1. The van der Waals surface area contributed by atoms with Crippen LogP contribution >= 0.6 is 9.03 Å². The summed E-state index contributed by atoms with van der Waals surface area (Å²) in [6.07, 6.45) is 0. The topological polar surface area (TPSA) is 12.4 Å². The Labute approximate surface area is 70.9 Å². The second-order valence-electron chi connectivity index (χ2n) is 0.200. The van der Waals surface area contributed by atoms with Gasteiger partial charge in [0.1, 0.15) is 0 Å². The van der Waals surface area contributed by atoms with Crippen LogP contribution in [0.3, 0.4) is 0 Å². The third-order valence-corrected chi connectivity index (χ3v) is 0. The standard InChI is InChI=1S/CH3NP.K/c1-2-3;/h1H3;/q-1;+1. The maximum atomic E-state index is 3.41. The Hall–Kier alpha value is 1.74. The van der Waals surface area contributed by atoms with Gasteiger partial charge in [0.05, 0.1) is 0 Å². The molecule has 0 saturated heterocycles. The van der Waals surface area contributed by atoms with Crippen molar-refractivity contribution in [2.24, 2.45) is 4.74 Å². The first-order valence-corrected chi connectivity index (χ1v) is 1.05. The van der Waals surface area contributed by atoms with Crippen LogP contribution in [0, 0.1) is 0 Å². The molecular formula is CH3KNP. The van der Waals surface area contributed by atoms with E-state index in [1.54, 1.807) is 7.05 Å². The molecule has 0 rings (SSSR count). The van der Waals surface area contributed by atoms with Crippen molar-refractivity contribution >= 4 is 9.03 Å². The molecule has 0 atom stereocenters. The molecule has 0 saturated carbocycles. The van der Waals surface area contributed by atoms with Crippen molar-refractivity contribution in [1.82, 2.24) is 0 Å². The minimum Gasteiger partial charge on any atom is -0.611 e. The van der Waals surface area contributed by atoms with Gasteiger partial charge in [-0.3, -0.25) is 0 Å². The van der Waals surface area contributed by atoms with Gasteiger partial charge in [-0.2, -0.15) is 0 Å². The average molecular weight is 99.1 g/mol. The van der Waals surface area contributed by atoms with Crippen LogP contribution in [0.15, 0.2) is 4.74 Å². The molecule has 0 amide bonds. The number of hydrogen-bond donors (Lipinski definition) is 0. The van der Waals surface area contributed by atoms with Crippen LogP contribution < -0.4 is 51.4 Å². The first-order chi connectivity index (χ1) is 1.41. The van der Waals surface area contributed by atoms with Crippen molar-refractivity contribution in [3.05, 3.63) is 0 Å². The van der Waals surface area contributed by atoms with Crippen molar-refractivity contribution in [3.63, 3.8) is 0 Å². The Morgan fingerprint density at radius 3 is 1.75 bits per heavy atom. The van der Waals surface area contributed by atoms with E-state index in [9.17, 15) is 0 Å². The summed E-state index contributed by atoms with van der Waals surface area (Å²) in [4.78, 5) is 0. The Kier molecular flexibility index (Phi) is 20.3. The van der Waals surface area contributed by atoms with Gasteiger partial charge < -0.3 is 13.8 Å². The fourth-order valence-electron chi connectivity index (χ4n) is 0. The smallest absolute Gasteiger partial charge is 0.611 e. The molecule has 0 aliphatic heterocycles. The van der Waals surface area contributed by atoms with Crippen LogP contribution in [-0.4, -0.2) is 7.05 Å². The summed E-state index contributed by atoms with van der Waals surface area (Å²) in [6.45, 7) is 0. The minimum atomic E-state index is 0. The molecule has 0 aromatic carbocycles. The molecule has 0 aromatic rings.